The molecule has 6 nitrogen and oxygen atoms in total. The van der Waals surface area contributed by atoms with Crippen molar-refractivity contribution in [2.24, 2.45) is 0 Å². The molecule has 146 valence electrons. The summed E-state index contributed by atoms with van der Waals surface area (Å²) in [4.78, 5) is 32.7. The van der Waals surface area contributed by atoms with Crippen molar-refractivity contribution in [3.05, 3.63) is 93.1 Å². The van der Waals surface area contributed by atoms with Crippen LogP contribution in [0.4, 0.5) is 8.78 Å². The Labute approximate surface area is 166 Å². The van der Waals surface area contributed by atoms with Gasteiger partial charge in [0.2, 0.25) is 11.8 Å². The lowest BCUT2D eigenvalue weighted by Crippen LogP contribution is -2.04. The minimum Gasteiger partial charge on any atom is -0.403 e. The molecule has 0 bridgehead atoms. The number of hydrogen-bond acceptors (Lipinski definition) is 6. The van der Waals surface area contributed by atoms with E-state index in [9.17, 15) is 18.4 Å². The van der Waals surface area contributed by atoms with Crippen molar-refractivity contribution in [3.8, 4) is 22.9 Å². The molecule has 5 rings (SSSR count). The predicted molar refractivity (Wildman–Crippen MR) is 105 cm³/mol. The van der Waals surface area contributed by atoms with Crippen molar-refractivity contribution in [1.29, 1.82) is 0 Å². The van der Waals surface area contributed by atoms with E-state index in [2.05, 4.69) is 9.97 Å². The Morgan fingerprint density at radius 3 is 1.40 bits per heavy atom. The number of nitrogens with zero attached hydrogens (tertiary/aromatic N) is 2. The van der Waals surface area contributed by atoms with Crippen LogP contribution < -0.4 is 11.3 Å². The zero-order valence-corrected chi connectivity index (χ0v) is 15.1. The van der Waals surface area contributed by atoms with E-state index in [4.69, 9.17) is 8.83 Å². The Kier molecular flexibility index (Phi) is 3.99. The Balaban J connectivity index is 1.58. The molecule has 2 aromatic heterocycles. The summed E-state index contributed by atoms with van der Waals surface area (Å²) in [6.45, 7) is 0. The first-order chi connectivity index (χ1) is 14.5. The predicted octanol–water partition coefficient (Wildman–Crippen LogP) is 4.30. The van der Waals surface area contributed by atoms with E-state index in [-0.39, 0.29) is 33.6 Å². The van der Waals surface area contributed by atoms with Gasteiger partial charge in [-0.15, -0.1) is 0 Å². The molecule has 5 aromatic rings. The second kappa shape index (κ2) is 6.70. The average Bonchev–Trinajstić information content (AvgIpc) is 2.73. The van der Waals surface area contributed by atoms with Crippen molar-refractivity contribution in [2.45, 2.75) is 0 Å². The number of halogens is 2. The van der Waals surface area contributed by atoms with Crippen LogP contribution in [0.3, 0.4) is 0 Å². The maximum absolute atomic E-state index is 13.5. The molecule has 0 fully saturated rings. The lowest BCUT2D eigenvalue weighted by molar-refractivity contribution is 0.516. The van der Waals surface area contributed by atoms with Crippen LogP contribution in [0.1, 0.15) is 0 Å². The Hall–Kier alpha value is -4.20. The normalized spacial score (nSPS) is 11.3. The summed E-state index contributed by atoms with van der Waals surface area (Å²) in [5.74, 6) is -1.01. The minimum absolute atomic E-state index is 0.0136. The molecule has 0 amide bonds. The van der Waals surface area contributed by atoms with E-state index in [1.807, 2.05) is 0 Å². The minimum atomic E-state index is -0.636. The van der Waals surface area contributed by atoms with Crippen LogP contribution in [0.2, 0.25) is 0 Å². The van der Waals surface area contributed by atoms with Gasteiger partial charge in [-0.3, -0.25) is 0 Å². The van der Waals surface area contributed by atoms with E-state index >= 15 is 0 Å². The van der Waals surface area contributed by atoms with Gasteiger partial charge in [0.15, 0.2) is 0 Å². The lowest BCUT2D eigenvalue weighted by atomic mass is 10.1. The van der Waals surface area contributed by atoms with Crippen LogP contribution >= 0.6 is 0 Å². The van der Waals surface area contributed by atoms with Crippen LogP contribution in [0, 0.1) is 11.6 Å². The second-order valence-electron chi connectivity index (χ2n) is 6.51. The molecule has 0 unspecified atom stereocenters. The summed E-state index contributed by atoms with van der Waals surface area (Å²) >= 11 is 0. The number of hydrogen-bond donors (Lipinski definition) is 0. The molecular weight excluding hydrogens is 394 g/mol. The van der Waals surface area contributed by atoms with E-state index in [1.54, 1.807) is 24.3 Å². The van der Waals surface area contributed by atoms with Crippen LogP contribution in [-0.2, 0) is 0 Å². The third-order valence-electron chi connectivity index (χ3n) is 4.56. The maximum atomic E-state index is 13.5. The summed E-state index contributed by atoms with van der Waals surface area (Å²) < 4.78 is 37.4. The van der Waals surface area contributed by atoms with Crippen molar-refractivity contribution >= 4 is 21.8 Å². The standard InChI is InChI=1S/C22H10F2N2O4/c23-13-5-7-15-17(9-13)25-19(29-21(15)27)11-1-2-12(4-3-11)20-26-18-10-14(24)6-8-16(18)22(28)30-20/h1-10H. The average molecular weight is 404 g/mol. The third kappa shape index (κ3) is 3.04. The van der Waals surface area contributed by atoms with E-state index in [1.165, 1.54) is 12.1 Å². The highest BCUT2D eigenvalue weighted by atomic mass is 19.1. The molecule has 0 saturated carbocycles. The fraction of sp³-hybridized carbons (Fsp3) is 0. The highest BCUT2D eigenvalue weighted by molar-refractivity contribution is 5.80. The van der Waals surface area contributed by atoms with Gasteiger partial charge in [-0.25, -0.2) is 28.3 Å². The summed E-state index contributed by atoms with van der Waals surface area (Å²) in [7, 11) is 0. The largest absolute Gasteiger partial charge is 0.403 e. The molecule has 8 heteroatoms. The molecule has 30 heavy (non-hydrogen) atoms. The van der Waals surface area contributed by atoms with Gasteiger partial charge in [0.05, 0.1) is 21.8 Å². The molecule has 3 aromatic carbocycles. The van der Waals surface area contributed by atoms with Gasteiger partial charge in [-0.05, 0) is 48.5 Å². The Bertz CT molecular complexity index is 1440. The number of fused-ring (bicyclic) bond motifs is 2. The first kappa shape index (κ1) is 17.9. The smallest absolute Gasteiger partial charge is 0.347 e. The molecule has 2 heterocycles. The second-order valence-corrected chi connectivity index (χ2v) is 6.51. The van der Waals surface area contributed by atoms with Gasteiger partial charge in [-0.2, -0.15) is 0 Å². The summed E-state index contributed by atoms with van der Waals surface area (Å²) in [6.07, 6.45) is 0. The van der Waals surface area contributed by atoms with Crippen LogP contribution in [0.15, 0.2) is 79.1 Å². The molecule has 0 atom stereocenters. The molecule has 0 radical (unpaired) electrons. The maximum Gasteiger partial charge on any atom is 0.347 e. The monoisotopic (exact) mass is 404 g/mol. The van der Waals surface area contributed by atoms with E-state index in [0.29, 0.717) is 11.1 Å². The van der Waals surface area contributed by atoms with E-state index in [0.717, 1.165) is 24.3 Å². The summed E-state index contributed by atoms with van der Waals surface area (Å²) in [6, 6.07) is 13.6. The van der Waals surface area contributed by atoms with E-state index < -0.39 is 22.9 Å². The highest BCUT2D eigenvalue weighted by Gasteiger charge is 2.12. The first-order valence-corrected chi connectivity index (χ1v) is 8.79. The van der Waals surface area contributed by atoms with Crippen molar-refractivity contribution in [3.63, 3.8) is 0 Å². The highest BCUT2D eigenvalue weighted by Crippen LogP contribution is 2.24. The fourth-order valence-electron chi connectivity index (χ4n) is 3.09. The van der Waals surface area contributed by atoms with Gasteiger partial charge < -0.3 is 8.83 Å². The van der Waals surface area contributed by atoms with Crippen molar-refractivity contribution < 1.29 is 17.6 Å². The number of rotatable bonds is 2. The zero-order chi connectivity index (χ0) is 20.8. The van der Waals surface area contributed by atoms with Gasteiger partial charge >= 0.3 is 11.3 Å². The molecular formula is C22H10F2N2O4. The van der Waals surface area contributed by atoms with Gasteiger partial charge in [0.25, 0.3) is 0 Å². The lowest BCUT2D eigenvalue weighted by Gasteiger charge is -2.04. The van der Waals surface area contributed by atoms with Crippen LogP contribution in [-0.4, -0.2) is 9.97 Å². The number of benzene rings is 3. The van der Waals surface area contributed by atoms with Crippen molar-refractivity contribution in [2.75, 3.05) is 0 Å². The molecule has 0 saturated heterocycles. The van der Waals surface area contributed by atoms with Crippen LogP contribution in [0.5, 0.6) is 0 Å². The first-order valence-electron chi connectivity index (χ1n) is 8.79. The SMILES string of the molecule is O=c1oc(-c2ccc(-c3nc4cc(F)ccc4c(=O)o3)cc2)nc2cc(F)ccc12. The summed E-state index contributed by atoms with van der Waals surface area (Å²) in [5, 5.41) is 0.345. The third-order valence-corrected chi connectivity index (χ3v) is 4.56. The quantitative estimate of drug-likeness (QED) is 0.436. The van der Waals surface area contributed by atoms with Crippen molar-refractivity contribution in [1.82, 2.24) is 9.97 Å². The zero-order valence-electron chi connectivity index (χ0n) is 15.1. The molecule has 0 N–H and O–H groups in total. The molecule has 0 aliphatic rings. The Morgan fingerprint density at radius 1 is 0.600 bits per heavy atom. The number of aromatic nitrogens is 2. The molecule has 0 spiro atoms. The molecule has 0 aliphatic heterocycles. The summed E-state index contributed by atoms with van der Waals surface area (Å²) in [5.41, 5.74) is -0.0110. The Morgan fingerprint density at radius 2 is 1.00 bits per heavy atom. The fourth-order valence-corrected chi connectivity index (χ4v) is 3.09. The topological polar surface area (TPSA) is 86.2 Å². The molecule has 0 aliphatic carbocycles. The van der Waals surface area contributed by atoms with Gasteiger partial charge in [-0.1, -0.05) is 0 Å². The van der Waals surface area contributed by atoms with Gasteiger partial charge in [0.1, 0.15) is 11.6 Å². The van der Waals surface area contributed by atoms with Crippen LogP contribution in [0.25, 0.3) is 44.7 Å². The van der Waals surface area contributed by atoms with Gasteiger partial charge in [0, 0.05) is 23.3 Å².